The molecule has 2 heterocycles. The highest BCUT2D eigenvalue weighted by Gasteiger charge is 2.29. The van der Waals surface area contributed by atoms with Gasteiger partial charge in [0, 0.05) is 37.3 Å². The molecule has 0 N–H and O–H groups in total. The summed E-state index contributed by atoms with van der Waals surface area (Å²) in [6, 6.07) is 18.7. The Morgan fingerprint density at radius 2 is 1.73 bits per heavy atom. The highest BCUT2D eigenvalue weighted by molar-refractivity contribution is 5.94. The fraction of sp³-hybridized carbons (Fsp3) is 0.261. The predicted octanol–water partition coefficient (Wildman–Crippen LogP) is 3.63. The molecule has 1 aromatic heterocycles. The van der Waals surface area contributed by atoms with Gasteiger partial charge in [0.05, 0.1) is 7.11 Å². The maximum absolute atomic E-state index is 12.8. The molecular weight excluding hydrogens is 380 g/mol. The summed E-state index contributed by atoms with van der Waals surface area (Å²) in [5.41, 5.74) is 0.715. The molecule has 154 valence electrons. The Kier molecular flexibility index (Phi) is 5.79. The number of carbonyl (C=O) groups excluding carboxylic acids is 1. The summed E-state index contributed by atoms with van der Waals surface area (Å²) in [5, 5.41) is 0. The van der Waals surface area contributed by atoms with Gasteiger partial charge in [0.15, 0.2) is 11.5 Å². The molecule has 1 aliphatic rings. The van der Waals surface area contributed by atoms with Gasteiger partial charge in [-0.1, -0.05) is 30.3 Å². The van der Waals surface area contributed by atoms with E-state index in [4.69, 9.17) is 9.47 Å². The van der Waals surface area contributed by atoms with E-state index in [0.717, 1.165) is 5.82 Å². The summed E-state index contributed by atoms with van der Waals surface area (Å²) in [6.45, 7) is 4.06. The first-order valence-electron chi connectivity index (χ1n) is 9.89. The molecule has 1 aliphatic heterocycles. The number of piperazine rings is 1. The van der Waals surface area contributed by atoms with Gasteiger partial charge >= 0.3 is 0 Å². The van der Waals surface area contributed by atoms with Gasteiger partial charge in [-0.15, -0.1) is 0 Å². The van der Waals surface area contributed by atoms with Crippen LogP contribution in [0, 0.1) is 0 Å². The van der Waals surface area contributed by atoms with Crippen molar-refractivity contribution < 1.29 is 14.3 Å². The number of amides is 1. The predicted molar refractivity (Wildman–Crippen MR) is 114 cm³/mol. The van der Waals surface area contributed by atoms with E-state index in [0.29, 0.717) is 42.6 Å². The molecule has 1 saturated heterocycles. The second-order valence-corrected chi connectivity index (χ2v) is 7.13. The third-order valence-corrected chi connectivity index (χ3v) is 5.14. The van der Waals surface area contributed by atoms with Crippen LogP contribution in [0.1, 0.15) is 17.3 Å². The van der Waals surface area contributed by atoms with E-state index < -0.39 is 0 Å². The summed E-state index contributed by atoms with van der Waals surface area (Å²) in [6.07, 6.45) is 1.49. The molecule has 0 unspecified atom stereocenters. The summed E-state index contributed by atoms with van der Waals surface area (Å²) in [4.78, 5) is 25.5. The standard InChI is InChI=1S/C23H24N4O3/c1-17-15-26(12-13-27(17)23(28)18-8-4-3-5-9-18)21-14-22(25-16-24-21)30-20-11-7-6-10-19(20)29-2/h3-11,14,16-17H,12-13,15H2,1-2H3/t17-/m1/s1. The third kappa shape index (κ3) is 4.20. The lowest BCUT2D eigenvalue weighted by atomic mass is 10.1. The van der Waals surface area contributed by atoms with E-state index in [-0.39, 0.29) is 11.9 Å². The van der Waals surface area contributed by atoms with Crippen molar-refractivity contribution in [3.8, 4) is 17.4 Å². The summed E-state index contributed by atoms with van der Waals surface area (Å²) >= 11 is 0. The van der Waals surface area contributed by atoms with E-state index >= 15 is 0 Å². The van der Waals surface area contributed by atoms with Gasteiger partial charge in [0.2, 0.25) is 5.88 Å². The van der Waals surface area contributed by atoms with E-state index in [1.807, 2.05) is 65.6 Å². The van der Waals surface area contributed by atoms with Gasteiger partial charge < -0.3 is 19.3 Å². The minimum Gasteiger partial charge on any atom is -0.493 e. The zero-order valence-electron chi connectivity index (χ0n) is 17.1. The van der Waals surface area contributed by atoms with Crippen molar-refractivity contribution in [1.29, 1.82) is 0 Å². The Labute approximate surface area is 175 Å². The first kappa shape index (κ1) is 19.7. The SMILES string of the molecule is COc1ccccc1Oc1cc(N2CCN(C(=O)c3ccccc3)[C@H](C)C2)ncn1. The van der Waals surface area contributed by atoms with Crippen LogP contribution in [0.25, 0.3) is 0 Å². The number of benzene rings is 2. The molecule has 2 aromatic carbocycles. The minimum atomic E-state index is 0.0556. The molecule has 0 radical (unpaired) electrons. The number of para-hydroxylation sites is 2. The van der Waals surface area contributed by atoms with Gasteiger partial charge in [0.25, 0.3) is 5.91 Å². The zero-order chi connectivity index (χ0) is 20.9. The maximum atomic E-state index is 12.8. The number of rotatable bonds is 5. The number of ether oxygens (including phenoxy) is 2. The van der Waals surface area contributed by atoms with Crippen LogP contribution < -0.4 is 14.4 Å². The van der Waals surface area contributed by atoms with Gasteiger partial charge in [-0.05, 0) is 31.2 Å². The molecule has 7 nitrogen and oxygen atoms in total. The van der Waals surface area contributed by atoms with E-state index in [1.54, 1.807) is 7.11 Å². The molecule has 4 rings (SSSR count). The highest BCUT2D eigenvalue weighted by Crippen LogP contribution is 2.31. The van der Waals surface area contributed by atoms with Crippen molar-refractivity contribution in [3.63, 3.8) is 0 Å². The molecule has 30 heavy (non-hydrogen) atoms. The normalized spacial score (nSPS) is 16.3. The van der Waals surface area contributed by atoms with Crippen LogP contribution in [0.2, 0.25) is 0 Å². The van der Waals surface area contributed by atoms with E-state index in [2.05, 4.69) is 21.8 Å². The molecule has 1 atom stereocenters. The lowest BCUT2D eigenvalue weighted by molar-refractivity contribution is 0.0673. The van der Waals surface area contributed by atoms with Gasteiger partial charge in [-0.2, -0.15) is 0 Å². The lowest BCUT2D eigenvalue weighted by Crippen LogP contribution is -2.54. The number of anilines is 1. The van der Waals surface area contributed by atoms with Crippen LogP contribution in [0.5, 0.6) is 17.4 Å². The van der Waals surface area contributed by atoms with Crippen molar-refractivity contribution in [2.75, 3.05) is 31.6 Å². The topological polar surface area (TPSA) is 67.8 Å². The van der Waals surface area contributed by atoms with E-state index in [1.165, 1.54) is 6.33 Å². The van der Waals surface area contributed by atoms with Crippen LogP contribution in [-0.4, -0.2) is 53.6 Å². The van der Waals surface area contributed by atoms with Gasteiger partial charge in [-0.3, -0.25) is 4.79 Å². The fourth-order valence-electron chi connectivity index (χ4n) is 3.59. The Balaban J connectivity index is 1.46. The van der Waals surface area contributed by atoms with Crippen LogP contribution in [0.3, 0.4) is 0 Å². The molecule has 0 saturated carbocycles. The second kappa shape index (κ2) is 8.82. The molecule has 1 fully saturated rings. The zero-order valence-corrected chi connectivity index (χ0v) is 17.1. The maximum Gasteiger partial charge on any atom is 0.254 e. The summed E-state index contributed by atoms with van der Waals surface area (Å²) in [7, 11) is 1.60. The Morgan fingerprint density at radius 1 is 1.00 bits per heavy atom. The molecule has 3 aromatic rings. The summed E-state index contributed by atoms with van der Waals surface area (Å²) < 4.78 is 11.2. The number of carbonyl (C=O) groups is 1. The molecule has 7 heteroatoms. The smallest absolute Gasteiger partial charge is 0.254 e. The number of nitrogens with zero attached hydrogens (tertiary/aromatic N) is 4. The molecule has 1 amide bonds. The van der Waals surface area contributed by atoms with Crippen molar-refractivity contribution in [2.45, 2.75) is 13.0 Å². The largest absolute Gasteiger partial charge is 0.493 e. The number of aromatic nitrogens is 2. The van der Waals surface area contributed by atoms with Crippen LogP contribution >= 0.6 is 0 Å². The lowest BCUT2D eigenvalue weighted by Gasteiger charge is -2.40. The van der Waals surface area contributed by atoms with Gasteiger partial charge in [0.1, 0.15) is 12.1 Å². The fourth-order valence-corrected chi connectivity index (χ4v) is 3.59. The number of hydrogen-bond acceptors (Lipinski definition) is 6. The Bertz CT molecular complexity index is 1010. The van der Waals surface area contributed by atoms with Crippen LogP contribution in [-0.2, 0) is 0 Å². The van der Waals surface area contributed by atoms with Crippen LogP contribution in [0.4, 0.5) is 5.82 Å². The van der Waals surface area contributed by atoms with E-state index in [9.17, 15) is 4.79 Å². The molecule has 0 aliphatic carbocycles. The first-order chi connectivity index (χ1) is 14.7. The molecule has 0 bridgehead atoms. The Morgan fingerprint density at radius 3 is 2.47 bits per heavy atom. The van der Waals surface area contributed by atoms with Crippen molar-refractivity contribution in [1.82, 2.24) is 14.9 Å². The summed E-state index contributed by atoms with van der Waals surface area (Å²) in [5.74, 6) is 2.51. The van der Waals surface area contributed by atoms with Crippen molar-refractivity contribution in [2.24, 2.45) is 0 Å². The monoisotopic (exact) mass is 404 g/mol. The van der Waals surface area contributed by atoms with Crippen molar-refractivity contribution >= 4 is 11.7 Å². The second-order valence-electron chi connectivity index (χ2n) is 7.13. The van der Waals surface area contributed by atoms with Crippen molar-refractivity contribution in [3.05, 3.63) is 72.6 Å². The minimum absolute atomic E-state index is 0.0556. The Hall–Kier alpha value is -3.61. The average molecular weight is 404 g/mol. The van der Waals surface area contributed by atoms with Gasteiger partial charge in [-0.25, -0.2) is 9.97 Å². The first-order valence-corrected chi connectivity index (χ1v) is 9.89. The number of methoxy groups -OCH3 is 1. The molecular formula is C23H24N4O3. The average Bonchev–Trinajstić information content (AvgIpc) is 2.80. The number of hydrogen-bond donors (Lipinski definition) is 0. The highest BCUT2D eigenvalue weighted by atomic mass is 16.5. The third-order valence-electron chi connectivity index (χ3n) is 5.14. The quantitative estimate of drug-likeness (QED) is 0.647. The molecule has 0 spiro atoms. The van der Waals surface area contributed by atoms with Crippen LogP contribution in [0.15, 0.2) is 67.0 Å².